The van der Waals surface area contributed by atoms with Gasteiger partial charge in [-0.2, -0.15) is 9.57 Å². The molecule has 1 aromatic heterocycles. The third kappa shape index (κ3) is 3.02. The zero-order valence-electron chi connectivity index (χ0n) is 12.8. The summed E-state index contributed by atoms with van der Waals surface area (Å²) in [7, 11) is -3.65. The second kappa shape index (κ2) is 6.40. The van der Waals surface area contributed by atoms with Crippen LogP contribution < -0.4 is 0 Å². The number of nitrogens with zero attached hydrogens (tertiary/aromatic N) is 3. The lowest BCUT2D eigenvalue weighted by Crippen LogP contribution is -2.38. The summed E-state index contributed by atoms with van der Waals surface area (Å²) in [6.07, 6.45) is 4.33. The molecule has 1 aromatic carbocycles. The van der Waals surface area contributed by atoms with E-state index in [-0.39, 0.29) is 10.9 Å². The number of sulfonamides is 1. The van der Waals surface area contributed by atoms with Crippen molar-refractivity contribution in [2.24, 2.45) is 0 Å². The molecule has 0 spiro atoms. The van der Waals surface area contributed by atoms with Crippen LogP contribution >= 0.6 is 11.3 Å². The molecule has 1 aliphatic heterocycles. The van der Waals surface area contributed by atoms with Gasteiger partial charge in [0.1, 0.15) is 5.01 Å². The van der Waals surface area contributed by atoms with Crippen LogP contribution in [0.1, 0.15) is 41.4 Å². The molecule has 2 heterocycles. The fourth-order valence-electron chi connectivity index (χ4n) is 2.91. The predicted molar refractivity (Wildman–Crippen MR) is 88.5 cm³/mol. The van der Waals surface area contributed by atoms with Gasteiger partial charge in [-0.25, -0.2) is 13.4 Å². The summed E-state index contributed by atoms with van der Waals surface area (Å²) in [4.78, 5) is 4.54. The molecule has 0 amide bonds. The highest BCUT2D eigenvalue weighted by Gasteiger charge is 2.36. The number of nitriles is 1. The molecular formula is C16H17N3O2S2. The van der Waals surface area contributed by atoms with Crippen molar-refractivity contribution in [3.63, 3.8) is 0 Å². The topological polar surface area (TPSA) is 74.1 Å². The molecule has 1 saturated heterocycles. The van der Waals surface area contributed by atoms with E-state index >= 15 is 0 Å². The van der Waals surface area contributed by atoms with E-state index < -0.39 is 10.0 Å². The molecule has 1 aliphatic rings. The minimum Gasteiger partial charge on any atom is -0.248 e. The highest BCUT2D eigenvalue weighted by molar-refractivity contribution is 7.89. The highest BCUT2D eigenvalue weighted by Crippen LogP contribution is 2.36. The van der Waals surface area contributed by atoms with Gasteiger partial charge in [-0.3, -0.25) is 0 Å². The summed E-state index contributed by atoms with van der Waals surface area (Å²) in [6, 6.07) is 6.61. The first-order valence-corrected chi connectivity index (χ1v) is 9.78. The Morgan fingerprint density at radius 3 is 2.91 bits per heavy atom. The van der Waals surface area contributed by atoms with Crippen LogP contribution in [0.2, 0.25) is 0 Å². The largest absolute Gasteiger partial charge is 0.248 e. The van der Waals surface area contributed by atoms with E-state index in [4.69, 9.17) is 5.26 Å². The lowest BCUT2D eigenvalue weighted by Gasteiger charge is -2.33. The Bertz CT molecular complexity index is 839. The van der Waals surface area contributed by atoms with E-state index in [1.54, 1.807) is 29.6 Å². The van der Waals surface area contributed by atoms with Crippen LogP contribution in [0, 0.1) is 18.3 Å². The average molecular weight is 347 g/mol. The van der Waals surface area contributed by atoms with Crippen molar-refractivity contribution in [1.82, 2.24) is 9.29 Å². The number of hydrogen-bond donors (Lipinski definition) is 0. The normalized spacial score (nSPS) is 19.4. The summed E-state index contributed by atoms with van der Waals surface area (Å²) in [5.74, 6) is 0. The van der Waals surface area contributed by atoms with Gasteiger partial charge in [0.15, 0.2) is 0 Å². The van der Waals surface area contributed by atoms with Gasteiger partial charge >= 0.3 is 0 Å². The van der Waals surface area contributed by atoms with Gasteiger partial charge in [0.25, 0.3) is 0 Å². The molecule has 3 rings (SSSR count). The lowest BCUT2D eigenvalue weighted by atomic mass is 10.1. The van der Waals surface area contributed by atoms with Crippen molar-refractivity contribution < 1.29 is 8.42 Å². The number of thiazole rings is 1. The van der Waals surface area contributed by atoms with Crippen LogP contribution in [-0.2, 0) is 10.0 Å². The number of benzene rings is 1. The third-order valence-electron chi connectivity index (χ3n) is 4.09. The Hall–Kier alpha value is -1.75. The van der Waals surface area contributed by atoms with Crippen molar-refractivity contribution >= 4 is 21.4 Å². The number of rotatable bonds is 3. The Morgan fingerprint density at radius 2 is 2.22 bits per heavy atom. The van der Waals surface area contributed by atoms with E-state index in [0.717, 1.165) is 24.3 Å². The van der Waals surface area contributed by atoms with E-state index in [2.05, 4.69) is 4.98 Å². The fraction of sp³-hybridized carbons (Fsp3) is 0.375. The van der Waals surface area contributed by atoms with E-state index in [9.17, 15) is 8.42 Å². The van der Waals surface area contributed by atoms with Gasteiger partial charge in [0, 0.05) is 18.1 Å². The van der Waals surface area contributed by atoms with E-state index in [1.807, 2.05) is 11.4 Å². The average Bonchev–Trinajstić information content (AvgIpc) is 3.09. The molecule has 23 heavy (non-hydrogen) atoms. The minimum atomic E-state index is -3.65. The fourth-order valence-corrected chi connectivity index (χ4v) is 5.68. The molecule has 7 heteroatoms. The van der Waals surface area contributed by atoms with Crippen molar-refractivity contribution in [2.75, 3.05) is 6.54 Å². The van der Waals surface area contributed by atoms with Gasteiger partial charge in [-0.05, 0) is 37.5 Å². The number of aromatic nitrogens is 1. The molecule has 5 nitrogen and oxygen atoms in total. The second-order valence-corrected chi connectivity index (χ2v) is 8.37. The van der Waals surface area contributed by atoms with E-state index in [0.29, 0.717) is 17.7 Å². The number of aryl methyl sites for hydroxylation is 1. The minimum absolute atomic E-state index is 0.209. The van der Waals surface area contributed by atoms with Gasteiger partial charge in [-0.1, -0.05) is 12.5 Å². The van der Waals surface area contributed by atoms with Crippen LogP contribution in [0.3, 0.4) is 0 Å². The lowest BCUT2D eigenvalue weighted by molar-refractivity contribution is 0.255. The Morgan fingerprint density at radius 1 is 1.39 bits per heavy atom. The molecule has 1 atom stereocenters. The SMILES string of the molecule is Cc1ccc(C#N)cc1S(=O)(=O)N1CCCC[C@H]1c1nccs1. The molecule has 0 aliphatic carbocycles. The Kier molecular flexibility index (Phi) is 4.48. The monoisotopic (exact) mass is 347 g/mol. The molecule has 0 N–H and O–H groups in total. The molecule has 0 bridgehead atoms. The van der Waals surface area contributed by atoms with Gasteiger partial charge in [-0.15, -0.1) is 11.3 Å². The van der Waals surface area contributed by atoms with Crippen LogP contribution in [0.5, 0.6) is 0 Å². The van der Waals surface area contributed by atoms with Gasteiger partial charge < -0.3 is 0 Å². The molecular weight excluding hydrogens is 330 g/mol. The molecule has 0 radical (unpaired) electrons. The second-order valence-electron chi connectivity index (χ2n) is 5.59. The molecule has 1 fully saturated rings. The number of piperidine rings is 1. The predicted octanol–water partition coefficient (Wildman–Crippen LogP) is 3.24. The molecule has 120 valence electrons. The summed E-state index contributed by atoms with van der Waals surface area (Å²) in [5.41, 5.74) is 1.02. The molecule has 0 saturated carbocycles. The Balaban J connectivity index is 2.06. The van der Waals surface area contributed by atoms with Crippen LogP contribution in [0.4, 0.5) is 0 Å². The van der Waals surface area contributed by atoms with Gasteiger partial charge in [0.2, 0.25) is 10.0 Å². The zero-order valence-corrected chi connectivity index (χ0v) is 14.4. The maximum atomic E-state index is 13.2. The van der Waals surface area contributed by atoms with Crippen molar-refractivity contribution in [2.45, 2.75) is 37.1 Å². The third-order valence-corrected chi connectivity index (χ3v) is 7.02. The first-order valence-electron chi connectivity index (χ1n) is 7.46. The first kappa shape index (κ1) is 16.1. The summed E-state index contributed by atoms with van der Waals surface area (Å²) >= 11 is 1.49. The Labute approximate surface area is 140 Å². The number of hydrogen-bond acceptors (Lipinski definition) is 5. The van der Waals surface area contributed by atoms with Crippen molar-refractivity contribution in [1.29, 1.82) is 5.26 Å². The smallest absolute Gasteiger partial charge is 0.244 e. The van der Waals surface area contributed by atoms with Crippen LogP contribution in [-0.4, -0.2) is 24.3 Å². The maximum Gasteiger partial charge on any atom is 0.244 e. The summed E-state index contributed by atoms with van der Waals surface area (Å²) in [5, 5.41) is 11.8. The first-order chi connectivity index (χ1) is 11.0. The van der Waals surface area contributed by atoms with E-state index in [1.165, 1.54) is 17.4 Å². The molecule has 2 aromatic rings. The maximum absolute atomic E-state index is 13.2. The van der Waals surface area contributed by atoms with Crippen LogP contribution in [0.25, 0.3) is 0 Å². The van der Waals surface area contributed by atoms with Gasteiger partial charge in [0.05, 0.1) is 22.6 Å². The zero-order chi connectivity index (χ0) is 16.4. The van der Waals surface area contributed by atoms with Crippen LogP contribution in [0.15, 0.2) is 34.7 Å². The van der Waals surface area contributed by atoms with Crippen molar-refractivity contribution in [3.05, 3.63) is 45.9 Å². The standard InChI is InChI=1S/C16H17N3O2S2/c1-12-5-6-13(11-17)10-15(12)23(20,21)19-8-3-2-4-14(19)16-18-7-9-22-16/h5-7,9-10,14H,2-4,8H2,1H3/t14-/m0/s1. The summed E-state index contributed by atoms with van der Waals surface area (Å²) < 4.78 is 27.9. The quantitative estimate of drug-likeness (QED) is 0.854. The molecule has 0 unspecified atom stereocenters. The van der Waals surface area contributed by atoms with Crippen molar-refractivity contribution in [3.8, 4) is 6.07 Å². The highest BCUT2D eigenvalue weighted by atomic mass is 32.2. The summed E-state index contributed by atoms with van der Waals surface area (Å²) in [6.45, 7) is 2.25.